The fourth-order valence-corrected chi connectivity index (χ4v) is 3.45. The maximum Gasteiger partial charge on any atom is 0.134 e. The van der Waals surface area contributed by atoms with Gasteiger partial charge in [0, 0.05) is 11.9 Å². The normalized spacial score (nSPS) is 27.9. The molecule has 1 aromatic carbocycles. The Morgan fingerprint density at radius 2 is 2.24 bits per heavy atom. The minimum absolute atomic E-state index is 0.110. The molecule has 3 heteroatoms. The summed E-state index contributed by atoms with van der Waals surface area (Å²) in [6, 6.07) is 10.2. The number of hydrogen-bond acceptors (Lipinski definition) is 3. The predicted molar refractivity (Wildman–Crippen MR) is 85.2 cm³/mol. The molecule has 2 N–H and O–H groups in total. The van der Waals surface area contributed by atoms with Crippen LogP contribution in [0.3, 0.4) is 0 Å². The highest BCUT2D eigenvalue weighted by molar-refractivity contribution is 5.77. The third kappa shape index (κ3) is 3.30. The van der Waals surface area contributed by atoms with Gasteiger partial charge in [-0.15, -0.1) is 0 Å². The highest BCUT2D eigenvalue weighted by atomic mass is 16.3. The fraction of sp³-hybridized carbons (Fsp3) is 0.556. The van der Waals surface area contributed by atoms with Gasteiger partial charge in [-0.1, -0.05) is 38.0 Å². The zero-order valence-corrected chi connectivity index (χ0v) is 12.9. The molecule has 2 aromatic rings. The van der Waals surface area contributed by atoms with Crippen LogP contribution < -0.4 is 5.32 Å². The molecule has 0 bridgehead atoms. The predicted octanol–water partition coefficient (Wildman–Crippen LogP) is 4.02. The molecule has 1 aromatic heterocycles. The molecule has 1 fully saturated rings. The molecule has 1 aliphatic carbocycles. The van der Waals surface area contributed by atoms with Crippen molar-refractivity contribution in [2.45, 2.75) is 51.2 Å². The van der Waals surface area contributed by atoms with Gasteiger partial charge >= 0.3 is 0 Å². The van der Waals surface area contributed by atoms with Gasteiger partial charge in [-0.3, -0.25) is 0 Å². The number of para-hydroxylation sites is 1. The van der Waals surface area contributed by atoms with E-state index in [1.165, 1.54) is 6.42 Å². The lowest BCUT2D eigenvalue weighted by Gasteiger charge is -2.36. The van der Waals surface area contributed by atoms with E-state index in [2.05, 4.69) is 31.3 Å². The molecular weight excluding hydrogens is 262 g/mol. The zero-order chi connectivity index (χ0) is 14.9. The Bertz CT molecular complexity index is 573. The van der Waals surface area contributed by atoms with E-state index in [4.69, 9.17) is 4.42 Å². The molecule has 1 saturated carbocycles. The monoisotopic (exact) mass is 287 g/mol. The molecule has 114 valence electrons. The summed E-state index contributed by atoms with van der Waals surface area (Å²) in [4.78, 5) is 0. The van der Waals surface area contributed by atoms with Crippen LogP contribution in [-0.4, -0.2) is 17.3 Å². The summed E-state index contributed by atoms with van der Waals surface area (Å²) in [6.45, 7) is 4.95. The Labute approximate surface area is 126 Å². The number of aliphatic hydroxyl groups is 1. The molecule has 0 spiro atoms. The van der Waals surface area contributed by atoms with Crippen LogP contribution >= 0.6 is 0 Å². The summed E-state index contributed by atoms with van der Waals surface area (Å²) in [5, 5.41) is 15.3. The number of furan rings is 1. The zero-order valence-electron chi connectivity index (χ0n) is 12.9. The van der Waals surface area contributed by atoms with Gasteiger partial charge < -0.3 is 14.8 Å². The third-order valence-corrected chi connectivity index (χ3v) is 4.68. The Morgan fingerprint density at radius 3 is 3.00 bits per heavy atom. The van der Waals surface area contributed by atoms with Crippen molar-refractivity contribution in [3.63, 3.8) is 0 Å². The Hall–Kier alpha value is -1.32. The topological polar surface area (TPSA) is 45.4 Å². The fourth-order valence-electron chi connectivity index (χ4n) is 3.45. The van der Waals surface area contributed by atoms with E-state index < -0.39 is 5.60 Å². The average molecular weight is 287 g/mol. The van der Waals surface area contributed by atoms with E-state index in [-0.39, 0.29) is 6.04 Å². The minimum atomic E-state index is -0.558. The van der Waals surface area contributed by atoms with Crippen LogP contribution in [0.1, 0.15) is 51.3 Å². The van der Waals surface area contributed by atoms with E-state index in [1.807, 2.05) is 18.2 Å². The number of benzene rings is 1. The first-order chi connectivity index (χ1) is 10.1. The van der Waals surface area contributed by atoms with Crippen molar-refractivity contribution < 1.29 is 9.52 Å². The maximum atomic E-state index is 10.7. The summed E-state index contributed by atoms with van der Waals surface area (Å²) >= 11 is 0. The standard InChI is InChI=1S/C18H25NO2/c1-13-6-5-9-18(20,11-13)12-19-14(2)17-10-15-7-3-4-8-16(15)21-17/h3-4,7-8,10,13-14,19-20H,5-6,9,11-12H2,1-2H3. The largest absolute Gasteiger partial charge is 0.459 e. The summed E-state index contributed by atoms with van der Waals surface area (Å²) < 4.78 is 5.88. The molecule has 0 saturated heterocycles. The van der Waals surface area contributed by atoms with Gasteiger partial charge in [-0.05, 0) is 37.8 Å². The van der Waals surface area contributed by atoms with Crippen LogP contribution in [0.5, 0.6) is 0 Å². The molecule has 21 heavy (non-hydrogen) atoms. The molecule has 1 aliphatic rings. The highest BCUT2D eigenvalue weighted by Gasteiger charge is 2.32. The van der Waals surface area contributed by atoms with Crippen molar-refractivity contribution >= 4 is 11.0 Å². The molecule has 0 amide bonds. The van der Waals surface area contributed by atoms with Crippen LogP contribution in [0.4, 0.5) is 0 Å². The molecule has 1 heterocycles. The van der Waals surface area contributed by atoms with Crippen molar-refractivity contribution in [1.29, 1.82) is 0 Å². The van der Waals surface area contributed by atoms with Crippen molar-refractivity contribution in [3.8, 4) is 0 Å². The van der Waals surface area contributed by atoms with E-state index in [1.54, 1.807) is 0 Å². The van der Waals surface area contributed by atoms with Crippen molar-refractivity contribution in [2.75, 3.05) is 6.54 Å². The Balaban J connectivity index is 1.64. The van der Waals surface area contributed by atoms with Crippen molar-refractivity contribution in [2.24, 2.45) is 5.92 Å². The number of rotatable bonds is 4. The van der Waals surface area contributed by atoms with Crippen LogP contribution in [0.25, 0.3) is 11.0 Å². The van der Waals surface area contributed by atoms with Gasteiger partial charge in [0.2, 0.25) is 0 Å². The van der Waals surface area contributed by atoms with E-state index >= 15 is 0 Å². The summed E-state index contributed by atoms with van der Waals surface area (Å²) in [5.41, 5.74) is 0.365. The van der Waals surface area contributed by atoms with Gasteiger partial charge in [-0.25, -0.2) is 0 Å². The first-order valence-corrected chi connectivity index (χ1v) is 8.00. The van der Waals surface area contributed by atoms with Gasteiger partial charge in [-0.2, -0.15) is 0 Å². The highest BCUT2D eigenvalue weighted by Crippen LogP contribution is 2.32. The van der Waals surface area contributed by atoms with E-state index in [0.29, 0.717) is 12.5 Å². The maximum absolute atomic E-state index is 10.7. The first kappa shape index (κ1) is 14.6. The van der Waals surface area contributed by atoms with Gasteiger partial charge in [0.15, 0.2) is 0 Å². The molecule has 3 unspecified atom stereocenters. The third-order valence-electron chi connectivity index (χ3n) is 4.68. The first-order valence-electron chi connectivity index (χ1n) is 8.00. The molecular formula is C18H25NO2. The van der Waals surface area contributed by atoms with Gasteiger partial charge in [0.05, 0.1) is 11.6 Å². The van der Waals surface area contributed by atoms with Crippen LogP contribution in [0, 0.1) is 5.92 Å². The van der Waals surface area contributed by atoms with Gasteiger partial charge in [0.1, 0.15) is 11.3 Å². The van der Waals surface area contributed by atoms with Gasteiger partial charge in [0.25, 0.3) is 0 Å². The van der Waals surface area contributed by atoms with Crippen LogP contribution in [0.2, 0.25) is 0 Å². The molecule has 0 radical (unpaired) electrons. The second kappa shape index (κ2) is 5.82. The number of hydrogen-bond donors (Lipinski definition) is 2. The number of fused-ring (bicyclic) bond motifs is 1. The molecule has 3 rings (SSSR count). The Morgan fingerprint density at radius 1 is 1.43 bits per heavy atom. The molecule has 3 nitrogen and oxygen atoms in total. The van der Waals surface area contributed by atoms with E-state index in [9.17, 15) is 5.11 Å². The quantitative estimate of drug-likeness (QED) is 0.892. The summed E-state index contributed by atoms with van der Waals surface area (Å²) in [5.74, 6) is 1.55. The summed E-state index contributed by atoms with van der Waals surface area (Å²) in [7, 11) is 0. The van der Waals surface area contributed by atoms with Crippen LogP contribution in [0.15, 0.2) is 34.7 Å². The molecule has 0 aliphatic heterocycles. The second-order valence-electron chi connectivity index (χ2n) is 6.72. The SMILES string of the molecule is CC1CCCC(O)(CNC(C)c2cc3ccccc3o2)C1. The lowest BCUT2D eigenvalue weighted by atomic mass is 9.79. The number of nitrogens with one attached hydrogen (secondary N) is 1. The Kier molecular flexibility index (Phi) is 4.05. The van der Waals surface area contributed by atoms with Crippen molar-refractivity contribution in [3.05, 3.63) is 36.1 Å². The lowest BCUT2D eigenvalue weighted by Crippen LogP contribution is -2.44. The van der Waals surface area contributed by atoms with E-state index in [0.717, 1.165) is 36.0 Å². The second-order valence-corrected chi connectivity index (χ2v) is 6.72. The van der Waals surface area contributed by atoms with Crippen LogP contribution in [-0.2, 0) is 0 Å². The minimum Gasteiger partial charge on any atom is -0.459 e. The van der Waals surface area contributed by atoms with Crippen molar-refractivity contribution in [1.82, 2.24) is 5.32 Å². The smallest absolute Gasteiger partial charge is 0.134 e. The molecule has 3 atom stereocenters. The average Bonchev–Trinajstić information content (AvgIpc) is 2.88. The lowest BCUT2D eigenvalue weighted by molar-refractivity contribution is -0.0137. The summed E-state index contributed by atoms with van der Waals surface area (Å²) in [6.07, 6.45) is 4.16.